The van der Waals surface area contributed by atoms with Gasteiger partial charge in [0, 0.05) is 13.1 Å². The van der Waals surface area contributed by atoms with E-state index in [1.54, 1.807) is 0 Å². The number of rotatable bonds is 6. The summed E-state index contributed by atoms with van der Waals surface area (Å²) in [5.74, 6) is 1.00. The number of hydrogen-bond donors (Lipinski definition) is 2. The van der Waals surface area contributed by atoms with E-state index in [4.69, 9.17) is 5.73 Å². The molecule has 0 saturated heterocycles. The molecule has 0 bridgehead atoms. The summed E-state index contributed by atoms with van der Waals surface area (Å²) < 4.78 is 0. The van der Waals surface area contributed by atoms with Crippen LogP contribution >= 0.6 is 0 Å². The molecule has 16 heavy (non-hydrogen) atoms. The zero-order chi connectivity index (χ0) is 11.2. The van der Waals surface area contributed by atoms with Gasteiger partial charge in [0.2, 0.25) is 0 Å². The van der Waals surface area contributed by atoms with E-state index in [1.165, 1.54) is 36.8 Å². The van der Waals surface area contributed by atoms with Crippen LogP contribution < -0.4 is 11.1 Å². The minimum absolute atomic E-state index is 0.635. The van der Waals surface area contributed by atoms with Crippen molar-refractivity contribution >= 4 is 0 Å². The third kappa shape index (κ3) is 3.32. The first-order chi connectivity index (χ1) is 7.88. The highest BCUT2D eigenvalue weighted by Gasteiger charge is 2.15. The number of nitrogens with one attached hydrogen (secondary N) is 1. The normalized spacial score (nSPS) is 16.1. The maximum absolute atomic E-state index is 5.62. The van der Waals surface area contributed by atoms with E-state index in [0.717, 1.165) is 19.0 Å². The average Bonchev–Trinajstić information content (AvgIpc) is 2.27. The van der Waals surface area contributed by atoms with Crippen molar-refractivity contribution in [1.29, 1.82) is 0 Å². The van der Waals surface area contributed by atoms with Crippen LogP contribution in [0, 0.1) is 5.92 Å². The Labute approximate surface area is 98.2 Å². The second kappa shape index (κ2) is 6.02. The van der Waals surface area contributed by atoms with Crippen LogP contribution in [0.5, 0.6) is 0 Å². The van der Waals surface area contributed by atoms with E-state index in [9.17, 15) is 0 Å². The van der Waals surface area contributed by atoms with Gasteiger partial charge in [-0.05, 0) is 30.0 Å². The molecule has 1 fully saturated rings. The Bertz CT molecular complexity index is 318. The van der Waals surface area contributed by atoms with Crippen molar-refractivity contribution in [1.82, 2.24) is 5.32 Å². The first-order valence-corrected chi connectivity index (χ1v) is 6.37. The van der Waals surface area contributed by atoms with Crippen LogP contribution in [0.15, 0.2) is 24.3 Å². The molecule has 0 amide bonds. The second-order valence-electron chi connectivity index (χ2n) is 4.79. The van der Waals surface area contributed by atoms with Crippen LogP contribution in [0.1, 0.15) is 36.8 Å². The van der Waals surface area contributed by atoms with E-state index in [2.05, 4.69) is 29.6 Å². The van der Waals surface area contributed by atoms with Crippen LogP contribution in [-0.4, -0.2) is 6.54 Å². The molecule has 1 aliphatic carbocycles. The zero-order valence-electron chi connectivity index (χ0n) is 9.91. The lowest BCUT2D eigenvalue weighted by Crippen LogP contribution is -2.21. The Morgan fingerprint density at radius 3 is 2.75 bits per heavy atom. The lowest BCUT2D eigenvalue weighted by atomic mass is 9.83. The molecule has 0 unspecified atom stereocenters. The highest BCUT2D eigenvalue weighted by atomic mass is 14.8. The van der Waals surface area contributed by atoms with Gasteiger partial charge in [0.05, 0.1) is 0 Å². The summed E-state index contributed by atoms with van der Waals surface area (Å²) in [5.41, 5.74) is 8.18. The van der Waals surface area contributed by atoms with Crippen molar-refractivity contribution in [2.45, 2.75) is 38.8 Å². The topological polar surface area (TPSA) is 38.0 Å². The van der Waals surface area contributed by atoms with Crippen LogP contribution in [0.2, 0.25) is 0 Å². The van der Waals surface area contributed by atoms with Crippen molar-refractivity contribution in [2.24, 2.45) is 11.7 Å². The van der Waals surface area contributed by atoms with E-state index in [-0.39, 0.29) is 0 Å². The molecular weight excluding hydrogens is 196 g/mol. The van der Waals surface area contributed by atoms with Gasteiger partial charge in [-0.15, -0.1) is 0 Å². The Morgan fingerprint density at radius 2 is 2.06 bits per heavy atom. The van der Waals surface area contributed by atoms with Gasteiger partial charge in [0.15, 0.2) is 0 Å². The van der Waals surface area contributed by atoms with Gasteiger partial charge in [-0.1, -0.05) is 43.5 Å². The predicted molar refractivity (Wildman–Crippen MR) is 68.0 cm³/mol. The van der Waals surface area contributed by atoms with Crippen molar-refractivity contribution in [3.8, 4) is 0 Å². The summed E-state index contributed by atoms with van der Waals surface area (Å²) in [5, 5.41) is 3.51. The number of benzene rings is 1. The monoisotopic (exact) mass is 218 g/mol. The third-order valence-corrected chi connectivity index (χ3v) is 3.51. The van der Waals surface area contributed by atoms with E-state index >= 15 is 0 Å². The van der Waals surface area contributed by atoms with E-state index < -0.39 is 0 Å². The first kappa shape index (κ1) is 11.6. The van der Waals surface area contributed by atoms with Crippen LogP contribution in [0.25, 0.3) is 0 Å². The summed E-state index contributed by atoms with van der Waals surface area (Å²) in [6.45, 7) is 2.76. The van der Waals surface area contributed by atoms with Gasteiger partial charge in [0.1, 0.15) is 0 Å². The fraction of sp³-hybridized carbons (Fsp3) is 0.571. The Hall–Kier alpha value is -0.860. The Morgan fingerprint density at radius 1 is 1.25 bits per heavy atom. The largest absolute Gasteiger partial charge is 0.326 e. The highest BCUT2D eigenvalue weighted by molar-refractivity contribution is 5.23. The van der Waals surface area contributed by atoms with Crippen molar-refractivity contribution in [3.63, 3.8) is 0 Å². The number of nitrogens with two attached hydrogens (primary N) is 1. The molecule has 0 aliphatic heterocycles. The smallest absolute Gasteiger partial charge is 0.0205 e. The molecular formula is C14H22N2. The highest BCUT2D eigenvalue weighted by Crippen LogP contribution is 2.28. The first-order valence-electron chi connectivity index (χ1n) is 6.37. The summed E-state index contributed by atoms with van der Waals surface area (Å²) >= 11 is 0. The van der Waals surface area contributed by atoms with Gasteiger partial charge in [0.25, 0.3) is 0 Å². The summed E-state index contributed by atoms with van der Waals surface area (Å²) in [6, 6.07) is 8.52. The van der Waals surface area contributed by atoms with E-state index in [0.29, 0.717) is 6.54 Å². The summed E-state index contributed by atoms with van der Waals surface area (Å²) in [6.07, 6.45) is 5.69. The standard InChI is InChI=1S/C14H22N2/c15-10-13-5-2-6-14(9-13)11-16-8-7-12-3-1-4-12/h2,5-6,9,12,16H,1,3-4,7-8,10-11,15H2. The lowest BCUT2D eigenvalue weighted by Gasteiger charge is -2.25. The van der Waals surface area contributed by atoms with Crippen molar-refractivity contribution < 1.29 is 0 Å². The maximum atomic E-state index is 5.62. The molecule has 2 nitrogen and oxygen atoms in total. The second-order valence-corrected chi connectivity index (χ2v) is 4.79. The van der Waals surface area contributed by atoms with Gasteiger partial charge in [-0.2, -0.15) is 0 Å². The predicted octanol–water partition coefficient (Wildman–Crippen LogP) is 2.43. The molecule has 1 saturated carbocycles. The third-order valence-electron chi connectivity index (χ3n) is 3.51. The molecule has 0 atom stereocenters. The SMILES string of the molecule is NCc1cccc(CNCCC2CCC2)c1. The van der Waals surface area contributed by atoms with Crippen LogP contribution in [0.3, 0.4) is 0 Å². The molecule has 2 rings (SSSR count). The molecule has 0 spiro atoms. The molecule has 88 valence electrons. The van der Waals surface area contributed by atoms with Gasteiger partial charge < -0.3 is 11.1 Å². The molecule has 0 heterocycles. The lowest BCUT2D eigenvalue weighted by molar-refractivity contribution is 0.292. The fourth-order valence-corrected chi connectivity index (χ4v) is 2.19. The molecule has 2 heteroatoms. The average molecular weight is 218 g/mol. The molecule has 1 aromatic carbocycles. The van der Waals surface area contributed by atoms with Gasteiger partial charge in [-0.25, -0.2) is 0 Å². The van der Waals surface area contributed by atoms with Gasteiger partial charge in [-0.3, -0.25) is 0 Å². The minimum Gasteiger partial charge on any atom is -0.326 e. The van der Waals surface area contributed by atoms with Crippen molar-refractivity contribution in [2.75, 3.05) is 6.54 Å². The fourth-order valence-electron chi connectivity index (χ4n) is 2.19. The van der Waals surface area contributed by atoms with E-state index in [1.807, 2.05) is 0 Å². The number of hydrogen-bond acceptors (Lipinski definition) is 2. The molecule has 1 aromatic rings. The van der Waals surface area contributed by atoms with Gasteiger partial charge >= 0.3 is 0 Å². The quantitative estimate of drug-likeness (QED) is 0.720. The zero-order valence-corrected chi connectivity index (χ0v) is 9.91. The molecule has 1 aliphatic rings. The molecule has 0 radical (unpaired) electrons. The maximum Gasteiger partial charge on any atom is 0.0205 e. The van der Waals surface area contributed by atoms with Crippen LogP contribution in [-0.2, 0) is 13.1 Å². The molecule has 3 N–H and O–H groups in total. The Kier molecular flexibility index (Phi) is 4.37. The summed E-state index contributed by atoms with van der Waals surface area (Å²) in [4.78, 5) is 0. The Balaban J connectivity index is 1.67. The molecule has 0 aromatic heterocycles. The van der Waals surface area contributed by atoms with Crippen molar-refractivity contribution in [3.05, 3.63) is 35.4 Å². The van der Waals surface area contributed by atoms with Crippen LogP contribution in [0.4, 0.5) is 0 Å². The minimum atomic E-state index is 0.635. The summed E-state index contributed by atoms with van der Waals surface area (Å²) in [7, 11) is 0.